The molecule has 0 aliphatic rings. The number of hydrogen-bond donors (Lipinski definition) is 2. The number of hydrogen-bond acceptors (Lipinski definition) is 3. The minimum absolute atomic E-state index is 0.241. The van der Waals surface area contributed by atoms with Crippen molar-refractivity contribution in [2.75, 3.05) is 0 Å². The van der Waals surface area contributed by atoms with Gasteiger partial charge in [0.25, 0.3) is 5.56 Å². The number of nitrogens with zero attached hydrogens (tertiary/aromatic N) is 2. The average Bonchev–Trinajstić information content (AvgIpc) is 2.29. The fraction of sp³-hybridized carbons (Fsp3) is 0.167. The van der Waals surface area contributed by atoms with Gasteiger partial charge < -0.3 is 0 Å². The van der Waals surface area contributed by atoms with E-state index < -0.39 is 5.69 Å². The number of nitrogens with one attached hydrogen (secondary N) is 2. The Hall–Kier alpha value is -1.85. The number of aryl methyl sites for hydroxylation is 1. The lowest BCUT2D eigenvalue weighted by Gasteiger charge is -1.90. The normalized spacial score (nSPS) is 10.8. The van der Waals surface area contributed by atoms with E-state index in [0.29, 0.717) is 5.69 Å². The molecule has 12 heavy (non-hydrogen) atoms. The van der Waals surface area contributed by atoms with Crippen LogP contribution in [0, 0.1) is 6.92 Å². The molecule has 0 saturated heterocycles. The second kappa shape index (κ2) is 2.07. The van der Waals surface area contributed by atoms with Crippen LogP contribution in [-0.4, -0.2) is 19.6 Å². The smallest absolute Gasteiger partial charge is 0.275 e. The van der Waals surface area contributed by atoms with Crippen molar-refractivity contribution in [1.82, 2.24) is 19.6 Å². The highest BCUT2D eigenvalue weighted by molar-refractivity contribution is 5.25. The second-order valence-electron chi connectivity index (χ2n) is 2.46. The summed E-state index contributed by atoms with van der Waals surface area (Å²) in [6.07, 6.45) is 0. The van der Waals surface area contributed by atoms with Crippen LogP contribution in [-0.2, 0) is 0 Å². The molecule has 6 nitrogen and oxygen atoms in total. The van der Waals surface area contributed by atoms with Crippen molar-refractivity contribution in [2.45, 2.75) is 6.92 Å². The number of aromatic nitrogens is 4. The summed E-state index contributed by atoms with van der Waals surface area (Å²) in [6.45, 7) is 1.69. The third-order valence-corrected chi connectivity index (χ3v) is 1.49. The maximum absolute atomic E-state index is 11.1. The van der Waals surface area contributed by atoms with Gasteiger partial charge in [-0.2, -0.15) is 4.52 Å². The topological polar surface area (TPSA) is 83.0 Å². The molecule has 2 aromatic heterocycles. The van der Waals surface area contributed by atoms with Crippen LogP contribution in [0.1, 0.15) is 5.69 Å². The Morgan fingerprint density at radius 2 is 2.25 bits per heavy atom. The van der Waals surface area contributed by atoms with Gasteiger partial charge in [-0.25, -0.2) is 14.9 Å². The van der Waals surface area contributed by atoms with Gasteiger partial charge in [-0.15, -0.1) is 0 Å². The van der Waals surface area contributed by atoms with Gasteiger partial charge in [-0.3, -0.25) is 9.78 Å². The van der Waals surface area contributed by atoms with E-state index in [4.69, 9.17) is 0 Å². The van der Waals surface area contributed by atoms with Crippen molar-refractivity contribution in [2.24, 2.45) is 0 Å². The molecular formula is C6H6N4O2. The van der Waals surface area contributed by atoms with Crippen LogP contribution in [0.4, 0.5) is 0 Å². The molecular weight excluding hydrogens is 160 g/mol. The zero-order valence-electron chi connectivity index (χ0n) is 6.29. The maximum atomic E-state index is 11.1. The molecule has 2 rings (SSSR count). The van der Waals surface area contributed by atoms with Gasteiger partial charge in [0.15, 0.2) is 0 Å². The van der Waals surface area contributed by atoms with Crippen LogP contribution in [0.5, 0.6) is 0 Å². The van der Waals surface area contributed by atoms with Crippen molar-refractivity contribution in [1.29, 1.82) is 0 Å². The van der Waals surface area contributed by atoms with Crippen LogP contribution in [0.15, 0.2) is 15.7 Å². The predicted molar refractivity (Wildman–Crippen MR) is 41.2 cm³/mol. The van der Waals surface area contributed by atoms with Crippen LogP contribution < -0.4 is 11.2 Å². The molecule has 0 radical (unpaired) electrons. The lowest BCUT2D eigenvalue weighted by molar-refractivity contribution is 0.875. The molecule has 0 unspecified atom stereocenters. The molecule has 0 spiro atoms. The van der Waals surface area contributed by atoms with Crippen LogP contribution in [0.3, 0.4) is 0 Å². The van der Waals surface area contributed by atoms with E-state index in [-0.39, 0.29) is 11.3 Å². The highest BCUT2D eigenvalue weighted by atomic mass is 16.2. The molecule has 0 saturated carbocycles. The van der Waals surface area contributed by atoms with Crippen molar-refractivity contribution in [3.63, 3.8) is 0 Å². The first-order valence-corrected chi connectivity index (χ1v) is 3.35. The maximum Gasteiger partial charge on any atom is 0.340 e. The summed E-state index contributed by atoms with van der Waals surface area (Å²) in [5.41, 5.74) is -0.156. The first-order chi connectivity index (χ1) is 5.66. The minimum atomic E-state index is -0.440. The van der Waals surface area contributed by atoms with E-state index in [1.54, 1.807) is 6.92 Å². The number of rotatable bonds is 0. The second-order valence-corrected chi connectivity index (χ2v) is 2.46. The first kappa shape index (κ1) is 6.84. The molecule has 0 aromatic carbocycles. The Balaban J connectivity index is 3.08. The SMILES string of the molecule is Cc1cc(=O)n2[nH]c(=O)[nH]c2n1. The van der Waals surface area contributed by atoms with Gasteiger partial charge in [0.2, 0.25) is 5.78 Å². The highest BCUT2D eigenvalue weighted by Crippen LogP contribution is 1.87. The summed E-state index contributed by atoms with van der Waals surface area (Å²) in [6, 6.07) is 1.34. The van der Waals surface area contributed by atoms with E-state index in [1.165, 1.54) is 6.07 Å². The van der Waals surface area contributed by atoms with Crippen LogP contribution >= 0.6 is 0 Å². The Labute approximate surface area is 65.9 Å². The molecule has 0 aliphatic heterocycles. The number of H-pyrrole nitrogens is 2. The first-order valence-electron chi connectivity index (χ1n) is 3.35. The van der Waals surface area contributed by atoms with Gasteiger partial charge >= 0.3 is 5.69 Å². The zero-order chi connectivity index (χ0) is 8.72. The van der Waals surface area contributed by atoms with Crippen molar-refractivity contribution in [3.05, 3.63) is 32.6 Å². The molecule has 2 N–H and O–H groups in total. The van der Waals surface area contributed by atoms with Gasteiger partial charge in [-0.05, 0) is 6.92 Å². The van der Waals surface area contributed by atoms with E-state index >= 15 is 0 Å². The third kappa shape index (κ3) is 0.849. The molecule has 0 bridgehead atoms. The Kier molecular flexibility index (Phi) is 1.18. The molecule has 0 fully saturated rings. The Morgan fingerprint density at radius 3 is 3.00 bits per heavy atom. The van der Waals surface area contributed by atoms with E-state index in [0.717, 1.165) is 4.52 Å². The van der Waals surface area contributed by atoms with Gasteiger partial charge in [0, 0.05) is 11.8 Å². The molecule has 0 amide bonds. The van der Waals surface area contributed by atoms with Crippen LogP contribution in [0.2, 0.25) is 0 Å². The van der Waals surface area contributed by atoms with E-state index in [9.17, 15) is 9.59 Å². The number of fused-ring (bicyclic) bond motifs is 1. The molecule has 0 atom stereocenters. The fourth-order valence-electron chi connectivity index (χ4n) is 1.02. The summed E-state index contributed by atoms with van der Waals surface area (Å²) >= 11 is 0. The lowest BCUT2D eigenvalue weighted by atomic mass is 10.5. The van der Waals surface area contributed by atoms with Gasteiger partial charge in [0.1, 0.15) is 0 Å². The number of aromatic amines is 2. The monoisotopic (exact) mass is 166 g/mol. The van der Waals surface area contributed by atoms with Crippen LogP contribution in [0.25, 0.3) is 5.78 Å². The van der Waals surface area contributed by atoms with Crippen molar-refractivity contribution < 1.29 is 0 Å². The summed E-state index contributed by atoms with van der Waals surface area (Å²) in [5.74, 6) is 0.241. The zero-order valence-corrected chi connectivity index (χ0v) is 6.29. The summed E-state index contributed by atoms with van der Waals surface area (Å²) in [7, 11) is 0. The standard InChI is InChI=1S/C6H6N4O2/c1-3-2-4(11)10-5(7-3)8-6(12)9-10/h2H,1H3,(H2,7,8,9,12). The van der Waals surface area contributed by atoms with Crippen molar-refractivity contribution in [3.8, 4) is 0 Å². The summed E-state index contributed by atoms with van der Waals surface area (Å²) < 4.78 is 1.06. The molecule has 2 aromatic rings. The highest BCUT2D eigenvalue weighted by Gasteiger charge is 2.00. The quantitative estimate of drug-likeness (QED) is 0.527. The summed E-state index contributed by atoms with van der Waals surface area (Å²) in [4.78, 5) is 28.2. The molecule has 0 aliphatic carbocycles. The van der Waals surface area contributed by atoms with E-state index in [1.807, 2.05) is 0 Å². The van der Waals surface area contributed by atoms with Crippen molar-refractivity contribution >= 4 is 5.78 Å². The van der Waals surface area contributed by atoms with Gasteiger partial charge in [0.05, 0.1) is 0 Å². The molecule has 62 valence electrons. The lowest BCUT2D eigenvalue weighted by Crippen LogP contribution is -2.15. The largest absolute Gasteiger partial charge is 0.340 e. The average molecular weight is 166 g/mol. The minimum Gasteiger partial charge on any atom is -0.275 e. The molecule has 6 heteroatoms. The van der Waals surface area contributed by atoms with E-state index in [2.05, 4.69) is 15.1 Å². The fourth-order valence-corrected chi connectivity index (χ4v) is 1.02. The third-order valence-electron chi connectivity index (χ3n) is 1.49. The predicted octanol–water partition coefficient (Wildman–Crippen LogP) is -0.981. The Morgan fingerprint density at radius 1 is 1.50 bits per heavy atom. The van der Waals surface area contributed by atoms with Gasteiger partial charge in [-0.1, -0.05) is 0 Å². The Bertz CT molecular complexity index is 532. The summed E-state index contributed by atoms with van der Waals surface area (Å²) in [5, 5.41) is 2.28. The molecule has 2 heterocycles.